The van der Waals surface area contributed by atoms with Gasteiger partial charge in [-0.1, -0.05) is 30.3 Å². The van der Waals surface area contributed by atoms with E-state index in [9.17, 15) is 13.2 Å². The monoisotopic (exact) mass is 191 g/mol. The molecule has 0 aromatic heterocycles. The lowest BCUT2D eigenvalue weighted by atomic mass is 10.2. The smallest absolute Gasteiger partial charge is 0.372 e. The van der Waals surface area contributed by atoms with Gasteiger partial charge >= 0.3 is 6.18 Å². The summed E-state index contributed by atoms with van der Waals surface area (Å²) in [6.07, 6.45) is -3.96. The summed E-state index contributed by atoms with van der Waals surface area (Å²) < 4.78 is 35.4. The predicted molar refractivity (Wildman–Crippen MR) is 41.7 cm³/mol. The van der Waals surface area contributed by atoms with Gasteiger partial charge in [0.1, 0.15) is 0 Å². The fourth-order valence-corrected chi connectivity index (χ4v) is 0.627. The van der Waals surface area contributed by atoms with Crippen LogP contribution in [0.3, 0.4) is 0 Å². The van der Waals surface area contributed by atoms with Crippen molar-refractivity contribution in [3.8, 4) is 0 Å². The lowest BCUT2D eigenvalue weighted by molar-refractivity contribution is -0.137. The molecule has 0 atom stereocenters. The van der Waals surface area contributed by atoms with Gasteiger partial charge in [0, 0.05) is 0 Å². The van der Waals surface area contributed by atoms with Crippen molar-refractivity contribution in [3.63, 3.8) is 0 Å². The molecule has 0 aliphatic heterocycles. The third-order valence-corrected chi connectivity index (χ3v) is 1.10. The molecule has 2 N–H and O–H groups in total. The molecular weight excluding hydrogens is 183 g/mol. The molecule has 0 heterocycles. The van der Waals surface area contributed by atoms with Gasteiger partial charge in [-0.3, -0.25) is 4.79 Å². The van der Waals surface area contributed by atoms with Crippen LogP contribution in [0.1, 0.15) is 5.56 Å². The summed E-state index contributed by atoms with van der Waals surface area (Å²) in [5.74, 6) is 0. The van der Waals surface area contributed by atoms with Crippen LogP contribution in [-0.2, 0) is 11.0 Å². The first kappa shape index (κ1) is 11.5. The van der Waals surface area contributed by atoms with E-state index in [1.807, 2.05) is 0 Å². The highest BCUT2D eigenvalue weighted by molar-refractivity contribution is 5.42. The van der Waals surface area contributed by atoms with Crippen molar-refractivity contribution in [2.45, 2.75) is 6.18 Å². The van der Waals surface area contributed by atoms with Crippen LogP contribution in [0.2, 0.25) is 0 Å². The molecule has 0 spiro atoms. The third-order valence-electron chi connectivity index (χ3n) is 1.10. The number of benzene rings is 1. The standard InChI is InChI=1S/C7H5F3.CH3NO/c8-7(9,10)6-4-2-1-3-5-6;2-1-3/h1-5H;1H,(H2,2,3). The highest BCUT2D eigenvalue weighted by Crippen LogP contribution is 2.28. The average Bonchev–Trinajstić information content (AvgIpc) is 2.06. The topological polar surface area (TPSA) is 43.1 Å². The van der Waals surface area contributed by atoms with Gasteiger partial charge in [-0.2, -0.15) is 13.2 Å². The number of primary amides is 1. The predicted octanol–water partition coefficient (Wildman–Crippen LogP) is 1.81. The van der Waals surface area contributed by atoms with Gasteiger partial charge < -0.3 is 5.73 Å². The van der Waals surface area contributed by atoms with Crippen LogP contribution in [0.5, 0.6) is 0 Å². The largest absolute Gasteiger partial charge is 0.416 e. The Morgan fingerprint density at radius 1 is 1.15 bits per heavy atom. The van der Waals surface area contributed by atoms with E-state index in [1.54, 1.807) is 6.07 Å². The van der Waals surface area contributed by atoms with Gasteiger partial charge in [0.2, 0.25) is 6.41 Å². The Morgan fingerprint density at radius 3 is 1.77 bits per heavy atom. The van der Waals surface area contributed by atoms with Crippen molar-refractivity contribution < 1.29 is 18.0 Å². The Kier molecular flexibility index (Phi) is 4.58. The van der Waals surface area contributed by atoms with Gasteiger partial charge in [-0.25, -0.2) is 0 Å². The molecule has 5 heteroatoms. The number of hydrogen-bond acceptors (Lipinski definition) is 1. The number of alkyl halides is 3. The second kappa shape index (κ2) is 5.18. The van der Waals surface area contributed by atoms with Crippen LogP contribution in [-0.4, -0.2) is 6.41 Å². The second-order valence-electron chi connectivity index (χ2n) is 2.00. The minimum absolute atomic E-state index is 0.250. The maximum atomic E-state index is 11.8. The molecule has 1 aromatic carbocycles. The molecule has 0 bridgehead atoms. The summed E-state index contributed by atoms with van der Waals surface area (Å²) >= 11 is 0. The molecule has 1 rings (SSSR count). The first-order valence-corrected chi connectivity index (χ1v) is 3.30. The van der Waals surface area contributed by atoms with Crippen LogP contribution in [0.25, 0.3) is 0 Å². The number of halogens is 3. The van der Waals surface area contributed by atoms with E-state index in [0.29, 0.717) is 0 Å². The van der Waals surface area contributed by atoms with Gasteiger partial charge in [0.15, 0.2) is 0 Å². The fraction of sp³-hybridized carbons (Fsp3) is 0.125. The molecule has 72 valence electrons. The molecule has 13 heavy (non-hydrogen) atoms. The second-order valence-corrected chi connectivity index (χ2v) is 2.00. The molecule has 1 aromatic rings. The molecule has 0 saturated carbocycles. The Labute approximate surface area is 73.2 Å². The number of carbonyl (C=O) groups is 1. The first-order chi connectivity index (χ1) is 6.02. The molecule has 2 nitrogen and oxygen atoms in total. The highest BCUT2D eigenvalue weighted by Gasteiger charge is 2.29. The number of nitrogens with two attached hydrogens (primary N) is 1. The quantitative estimate of drug-likeness (QED) is 0.624. The van der Waals surface area contributed by atoms with E-state index in [4.69, 9.17) is 4.79 Å². The summed E-state index contributed by atoms with van der Waals surface area (Å²) in [5, 5.41) is 0. The van der Waals surface area contributed by atoms with Gasteiger partial charge in [-0.05, 0) is 0 Å². The number of amides is 1. The average molecular weight is 191 g/mol. The summed E-state index contributed by atoms with van der Waals surface area (Å²) in [6, 6.07) is 6.36. The van der Waals surface area contributed by atoms with Crippen molar-refractivity contribution in [3.05, 3.63) is 35.9 Å². The Balaban J connectivity index is 0.000000424. The molecular formula is C8H8F3NO. The molecule has 1 amide bonds. The SMILES string of the molecule is FC(F)(F)c1ccccc1.NC=O. The summed E-state index contributed by atoms with van der Waals surface area (Å²) in [7, 11) is 0. The van der Waals surface area contributed by atoms with Crippen molar-refractivity contribution in [1.82, 2.24) is 0 Å². The van der Waals surface area contributed by atoms with E-state index >= 15 is 0 Å². The summed E-state index contributed by atoms with van der Waals surface area (Å²) in [6.45, 7) is 0. The maximum Gasteiger partial charge on any atom is 0.416 e. The van der Waals surface area contributed by atoms with E-state index < -0.39 is 11.7 Å². The Bertz CT molecular complexity index is 245. The Hall–Kier alpha value is -1.52. The van der Waals surface area contributed by atoms with Crippen molar-refractivity contribution >= 4 is 6.41 Å². The van der Waals surface area contributed by atoms with Crippen LogP contribution in [0.15, 0.2) is 30.3 Å². The van der Waals surface area contributed by atoms with Gasteiger partial charge in [0.05, 0.1) is 5.56 Å². The normalized spacial score (nSPS) is 9.77. The molecule has 0 radical (unpaired) electrons. The highest BCUT2D eigenvalue weighted by atomic mass is 19.4. The molecule has 0 aliphatic carbocycles. The fourth-order valence-electron chi connectivity index (χ4n) is 0.627. The number of carbonyl (C=O) groups excluding carboxylic acids is 1. The summed E-state index contributed by atoms with van der Waals surface area (Å²) in [4.78, 5) is 8.58. The van der Waals surface area contributed by atoms with Crippen LogP contribution < -0.4 is 5.73 Å². The minimum Gasteiger partial charge on any atom is -0.372 e. The van der Waals surface area contributed by atoms with E-state index in [0.717, 1.165) is 12.1 Å². The van der Waals surface area contributed by atoms with Gasteiger partial charge in [0.25, 0.3) is 0 Å². The van der Waals surface area contributed by atoms with Crippen LogP contribution >= 0.6 is 0 Å². The number of hydrogen-bond donors (Lipinski definition) is 1. The third kappa shape index (κ3) is 4.84. The summed E-state index contributed by atoms with van der Waals surface area (Å²) in [5.41, 5.74) is 3.56. The zero-order valence-electron chi connectivity index (χ0n) is 6.58. The van der Waals surface area contributed by atoms with Crippen molar-refractivity contribution in [2.24, 2.45) is 5.73 Å². The molecule has 0 saturated heterocycles. The van der Waals surface area contributed by atoms with E-state index in [2.05, 4.69) is 5.73 Å². The zero-order valence-corrected chi connectivity index (χ0v) is 6.58. The van der Waals surface area contributed by atoms with E-state index in [1.165, 1.54) is 12.1 Å². The molecule has 0 fully saturated rings. The number of rotatable bonds is 0. The molecule has 0 unspecified atom stereocenters. The lowest BCUT2D eigenvalue weighted by Crippen LogP contribution is -2.03. The van der Waals surface area contributed by atoms with Crippen molar-refractivity contribution in [1.29, 1.82) is 0 Å². The maximum absolute atomic E-state index is 11.8. The van der Waals surface area contributed by atoms with Crippen LogP contribution in [0.4, 0.5) is 13.2 Å². The van der Waals surface area contributed by atoms with Crippen LogP contribution in [0, 0.1) is 0 Å². The lowest BCUT2D eigenvalue weighted by Gasteiger charge is -2.03. The zero-order chi connectivity index (χ0) is 10.3. The first-order valence-electron chi connectivity index (χ1n) is 3.30. The van der Waals surface area contributed by atoms with E-state index in [-0.39, 0.29) is 6.41 Å². The van der Waals surface area contributed by atoms with Crippen molar-refractivity contribution in [2.75, 3.05) is 0 Å². The van der Waals surface area contributed by atoms with Gasteiger partial charge in [-0.15, -0.1) is 0 Å². The molecule has 0 aliphatic rings. The Morgan fingerprint density at radius 2 is 1.54 bits per heavy atom. The minimum atomic E-state index is -4.21.